The fourth-order valence-electron chi connectivity index (χ4n) is 2.96. The third-order valence-corrected chi connectivity index (χ3v) is 4.11. The van der Waals surface area contributed by atoms with Crippen LogP contribution in [0.2, 0.25) is 0 Å². The molecule has 5 nitrogen and oxygen atoms in total. The Morgan fingerprint density at radius 3 is 2.60 bits per heavy atom. The number of carbonyl (C=O) groups excluding carboxylic acids is 1. The van der Waals surface area contributed by atoms with Crippen molar-refractivity contribution in [3.05, 3.63) is 11.8 Å². The molecule has 0 atom stereocenters. The van der Waals surface area contributed by atoms with Gasteiger partial charge in [-0.25, -0.2) is 0 Å². The maximum atomic E-state index is 12.1. The molecule has 1 N–H and O–H groups in total. The van der Waals surface area contributed by atoms with Gasteiger partial charge in [0.15, 0.2) is 0 Å². The number of amides is 1. The highest BCUT2D eigenvalue weighted by atomic mass is 16.2. The Morgan fingerprint density at radius 2 is 2.05 bits per heavy atom. The van der Waals surface area contributed by atoms with E-state index in [0.29, 0.717) is 12.6 Å². The largest absolute Gasteiger partial charge is 0.310 e. The average Bonchev–Trinajstić information content (AvgIpc) is 2.60. The molecule has 1 aromatic heterocycles. The first-order valence-electron chi connectivity index (χ1n) is 7.57. The second-order valence-electron chi connectivity index (χ2n) is 5.90. The van der Waals surface area contributed by atoms with Crippen LogP contribution in [0.5, 0.6) is 0 Å². The topological polar surface area (TPSA) is 50.2 Å². The standard InChI is InChI=1S/C15H26N4O/c1-12-10-14(19(3)17-12)16-15(20)11-18(2)13-8-6-4-5-7-9-13/h10,13H,4-9,11H2,1-3H3,(H,16,20). The van der Waals surface area contributed by atoms with Crippen molar-refractivity contribution in [2.45, 2.75) is 51.5 Å². The van der Waals surface area contributed by atoms with Gasteiger partial charge in [0.2, 0.25) is 5.91 Å². The lowest BCUT2D eigenvalue weighted by Crippen LogP contribution is -2.38. The number of aromatic nitrogens is 2. The van der Waals surface area contributed by atoms with Gasteiger partial charge in [-0.2, -0.15) is 5.10 Å². The van der Waals surface area contributed by atoms with E-state index in [2.05, 4.69) is 22.4 Å². The van der Waals surface area contributed by atoms with Crippen LogP contribution in [0.1, 0.15) is 44.2 Å². The van der Waals surface area contributed by atoms with Crippen LogP contribution in [0.25, 0.3) is 0 Å². The third-order valence-electron chi connectivity index (χ3n) is 4.11. The highest BCUT2D eigenvalue weighted by molar-refractivity contribution is 5.91. The lowest BCUT2D eigenvalue weighted by Gasteiger charge is -2.26. The summed E-state index contributed by atoms with van der Waals surface area (Å²) in [5, 5.41) is 7.17. The minimum atomic E-state index is 0.0414. The van der Waals surface area contributed by atoms with Crippen molar-refractivity contribution >= 4 is 11.7 Å². The number of nitrogens with one attached hydrogen (secondary N) is 1. The molecule has 1 heterocycles. The number of likely N-dealkylation sites (N-methyl/N-ethyl adjacent to an activating group) is 1. The number of nitrogens with zero attached hydrogens (tertiary/aromatic N) is 3. The highest BCUT2D eigenvalue weighted by Crippen LogP contribution is 2.20. The Kier molecular flexibility index (Phi) is 5.17. The molecule has 1 saturated carbocycles. The van der Waals surface area contributed by atoms with E-state index in [4.69, 9.17) is 0 Å². The van der Waals surface area contributed by atoms with Crippen molar-refractivity contribution < 1.29 is 4.79 Å². The quantitative estimate of drug-likeness (QED) is 0.860. The van der Waals surface area contributed by atoms with Crippen molar-refractivity contribution in [1.82, 2.24) is 14.7 Å². The Bertz CT molecular complexity index is 447. The molecule has 112 valence electrons. The average molecular weight is 278 g/mol. The van der Waals surface area contributed by atoms with E-state index in [1.807, 2.05) is 20.0 Å². The molecule has 0 spiro atoms. The molecular formula is C15H26N4O. The number of hydrogen-bond acceptors (Lipinski definition) is 3. The zero-order valence-corrected chi connectivity index (χ0v) is 12.9. The smallest absolute Gasteiger partial charge is 0.239 e. The van der Waals surface area contributed by atoms with Crippen molar-refractivity contribution in [3.8, 4) is 0 Å². The Labute approximate surface area is 121 Å². The molecule has 1 aliphatic rings. The monoisotopic (exact) mass is 278 g/mol. The normalized spacial score (nSPS) is 17.2. The second kappa shape index (κ2) is 6.88. The molecule has 0 bridgehead atoms. The third kappa shape index (κ3) is 4.07. The second-order valence-corrected chi connectivity index (χ2v) is 5.90. The van der Waals surface area contributed by atoms with E-state index < -0.39 is 0 Å². The molecule has 1 aliphatic carbocycles. The molecule has 0 aliphatic heterocycles. The first kappa shape index (κ1) is 15.0. The van der Waals surface area contributed by atoms with Crippen molar-refractivity contribution in [2.24, 2.45) is 7.05 Å². The fourth-order valence-corrected chi connectivity index (χ4v) is 2.96. The maximum absolute atomic E-state index is 12.1. The molecule has 1 aromatic rings. The van der Waals surface area contributed by atoms with Gasteiger partial charge in [0.1, 0.15) is 5.82 Å². The van der Waals surface area contributed by atoms with Gasteiger partial charge < -0.3 is 5.32 Å². The number of hydrogen-bond donors (Lipinski definition) is 1. The predicted molar refractivity (Wildman–Crippen MR) is 80.7 cm³/mol. The maximum Gasteiger partial charge on any atom is 0.239 e. The summed E-state index contributed by atoms with van der Waals surface area (Å²) in [6.45, 7) is 2.38. The summed E-state index contributed by atoms with van der Waals surface area (Å²) in [5.74, 6) is 0.807. The van der Waals surface area contributed by atoms with E-state index >= 15 is 0 Å². The molecule has 0 aromatic carbocycles. The molecular weight excluding hydrogens is 252 g/mol. The van der Waals surface area contributed by atoms with Gasteiger partial charge in [-0.1, -0.05) is 25.7 Å². The predicted octanol–water partition coefficient (Wildman–Crippen LogP) is 2.32. The molecule has 20 heavy (non-hydrogen) atoms. The minimum Gasteiger partial charge on any atom is -0.310 e. The van der Waals surface area contributed by atoms with Gasteiger partial charge >= 0.3 is 0 Å². The lowest BCUT2D eigenvalue weighted by molar-refractivity contribution is -0.117. The van der Waals surface area contributed by atoms with Gasteiger partial charge in [-0.05, 0) is 26.8 Å². The Morgan fingerprint density at radius 1 is 1.40 bits per heavy atom. The van der Waals surface area contributed by atoms with E-state index in [-0.39, 0.29) is 5.91 Å². The van der Waals surface area contributed by atoms with Crippen molar-refractivity contribution in [3.63, 3.8) is 0 Å². The molecule has 5 heteroatoms. The van der Waals surface area contributed by atoms with Gasteiger partial charge in [-0.15, -0.1) is 0 Å². The molecule has 1 fully saturated rings. The molecule has 1 amide bonds. The van der Waals surface area contributed by atoms with Crippen LogP contribution in [0.3, 0.4) is 0 Å². The van der Waals surface area contributed by atoms with Crippen LogP contribution >= 0.6 is 0 Å². The molecule has 0 saturated heterocycles. The minimum absolute atomic E-state index is 0.0414. The van der Waals surface area contributed by atoms with Crippen LogP contribution < -0.4 is 5.32 Å². The zero-order valence-electron chi connectivity index (χ0n) is 12.9. The van der Waals surface area contributed by atoms with Gasteiger partial charge in [0, 0.05) is 19.2 Å². The lowest BCUT2D eigenvalue weighted by atomic mass is 10.1. The molecule has 0 radical (unpaired) electrons. The first-order chi connectivity index (χ1) is 9.56. The van der Waals surface area contributed by atoms with Gasteiger partial charge in [0.05, 0.1) is 12.2 Å². The first-order valence-corrected chi connectivity index (χ1v) is 7.57. The summed E-state index contributed by atoms with van der Waals surface area (Å²) in [5.41, 5.74) is 0.917. The Balaban J connectivity index is 1.85. The SMILES string of the molecule is Cc1cc(NC(=O)CN(C)C2CCCCCC2)n(C)n1. The molecule has 0 unspecified atom stereocenters. The van der Waals surface area contributed by atoms with Crippen LogP contribution in [0.4, 0.5) is 5.82 Å². The highest BCUT2D eigenvalue weighted by Gasteiger charge is 2.19. The van der Waals surface area contributed by atoms with Crippen molar-refractivity contribution in [1.29, 1.82) is 0 Å². The van der Waals surface area contributed by atoms with Gasteiger partial charge in [-0.3, -0.25) is 14.4 Å². The van der Waals surface area contributed by atoms with Crippen LogP contribution in [-0.4, -0.2) is 40.2 Å². The summed E-state index contributed by atoms with van der Waals surface area (Å²) in [4.78, 5) is 14.3. The van der Waals surface area contributed by atoms with Crippen LogP contribution in [0.15, 0.2) is 6.07 Å². The summed E-state index contributed by atoms with van der Waals surface area (Å²) in [7, 11) is 3.90. The van der Waals surface area contributed by atoms with E-state index in [9.17, 15) is 4.79 Å². The van der Waals surface area contributed by atoms with E-state index in [1.165, 1.54) is 38.5 Å². The number of anilines is 1. The summed E-state index contributed by atoms with van der Waals surface area (Å²) in [6, 6.07) is 2.44. The van der Waals surface area contributed by atoms with Crippen LogP contribution in [-0.2, 0) is 11.8 Å². The fraction of sp³-hybridized carbons (Fsp3) is 0.733. The zero-order chi connectivity index (χ0) is 14.5. The molecule has 2 rings (SSSR count). The van der Waals surface area contributed by atoms with Crippen LogP contribution in [0, 0.1) is 6.92 Å². The number of carbonyl (C=O) groups is 1. The van der Waals surface area contributed by atoms with E-state index in [0.717, 1.165) is 11.5 Å². The summed E-state index contributed by atoms with van der Waals surface area (Å²) < 4.78 is 1.71. The van der Waals surface area contributed by atoms with Gasteiger partial charge in [0.25, 0.3) is 0 Å². The number of aryl methyl sites for hydroxylation is 2. The summed E-state index contributed by atoms with van der Waals surface area (Å²) in [6.07, 6.45) is 7.69. The number of rotatable bonds is 4. The van der Waals surface area contributed by atoms with Crippen molar-refractivity contribution in [2.75, 3.05) is 18.9 Å². The van der Waals surface area contributed by atoms with E-state index in [1.54, 1.807) is 4.68 Å². The Hall–Kier alpha value is -1.36. The summed E-state index contributed by atoms with van der Waals surface area (Å²) >= 11 is 0.